The van der Waals surface area contributed by atoms with Gasteiger partial charge in [-0.15, -0.1) is 0 Å². The third-order valence-corrected chi connectivity index (χ3v) is 5.06. The highest BCUT2D eigenvalue weighted by Crippen LogP contribution is 2.37. The molecule has 0 N–H and O–H groups in total. The normalized spacial score (nSPS) is 17.8. The molecule has 0 aromatic carbocycles. The van der Waals surface area contributed by atoms with E-state index in [9.17, 15) is 4.79 Å². The Bertz CT molecular complexity index is 822. The van der Waals surface area contributed by atoms with Crippen molar-refractivity contribution in [2.24, 2.45) is 5.41 Å². The second-order valence-electron chi connectivity index (χ2n) is 9.00. The second kappa shape index (κ2) is 8.41. The van der Waals surface area contributed by atoms with Gasteiger partial charge in [0.1, 0.15) is 5.82 Å². The minimum absolute atomic E-state index is 0.0387. The molecule has 0 bridgehead atoms. The summed E-state index contributed by atoms with van der Waals surface area (Å²) in [7, 11) is 0. The predicted molar refractivity (Wildman–Crippen MR) is 109 cm³/mol. The number of piperidine rings is 1. The molecular formula is C22H32N4O2. The summed E-state index contributed by atoms with van der Waals surface area (Å²) < 4.78 is 5.52. The zero-order valence-electron chi connectivity index (χ0n) is 17.8. The Morgan fingerprint density at radius 3 is 2.75 bits per heavy atom. The van der Waals surface area contributed by atoms with E-state index < -0.39 is 0 Å². The van der Waals surface area contributed by atoms with Crippen LogP contribution in [0.4, 0.5) is 0 Å². The number of nitrogens with zero attached hydrogens (tertiary/aromatic N) is 4. The fourth-order valence-corrected chi connectivity index (χ4v) is 3.78. The van der Waals surface area contributed by atoms with Gasteiger partial charge in [0, 0.05) is 31.6 Å². The molecule has 2 aromatic rings. The van der Waals surface area contributed by atoms with E-state index in [0.717, 1.165) is 61.4 Å². The van der Waals surface area contributed by atoms with E-state index in [-0.39, 0.29) is 17.4 Å². The summed E-state index contributed by atoms with van der Waals surface area (Å²) in [5, 5.41) is 4.03. The largest absolute Gasteiger partial charge is 0.356 e. The van der Waals surface area contributed by atoms with Crippen molar-refractivity contribution in [1.82, 2.24) is 20.0 Å². The molecule has 1 amide bonds. The zero-order valence-corrected chi connectivity index (χ0v) is 17.8. The van der Waals surface area contributed by atoms with Gasteiger partial charge in [-0.2, -0.15) is 0 Å². The highest BCUT2D eigenvalue weighted by Gasteiger charge is 2.33. The maximum absolute atomic E-state index is 13.1. The predicted octanol–water partition coefficient (Wildman–Crippen LogP) is 4.88. The van der Waals surface area contributed by atoms with Gasteiger partial charge < -0.3 is 9.42 Å². The van der Waals surface area contributed by atoms with Crippen molar-refractivity contribution in [2.75, 3.05) is 6.54 Å². The van der Waals surface area contributed by atoms with Gasteiger partial charge in [0.15, 0.2) is 5.76 Å². The number of hydrogen-bond acceptors (Lipinski definition) is 5. The maximum Gasteiger partial charge on any atom is 0.223 e. The number of aryl methyl sites for hydroxylation is 2. The van der Waals surface area contributed by atoms with Crippen molar-refractivity contribution >= 4 is 5.91 Å². The minimum Gasteiger partial charge on any atom is -0.356 e. The van der Waals surface area contributed by atoms with Crippen LogP contribution in [0.5, 0.6) is 0 Å². The molecule has 3 heterocycles. The SMILES string of the molecule is CCCc1ncc(-c2cc(C)no2)c(C2CCCCN2C(=O)CC(C)(C)C)n1. The molecule has 6 nitrogen and oxygen atoms in total. The topological polar surface area (TPSA) is 72.1 Å². The van der Waals surface area contributed by atoms with Crippen LogP contribution in [0.25, 0.3) is 11.3 Å². The van der Waals surface area contributed by atoms with E-state index in [0.29, 0.717) is 12.2 Å². The lowest BCUT2D eigenvalue weighted by Crippen LogP contribution is -2.40. The highest BCUT2D eigenvalue weighted by atomic mass is 16.5. The van der Waals surface area contributed by atoms with Crippen LogP contribution in [-0.4, -0.2) is 32.5 Å². The van der Waals surface area contributed by atoms with Gasteiger partial charge in [-0.25, -0.2) is 9.97 Å². The van der Waals surface area contributed by atoms with Crippen molar-refractivity contribution in [3.8, 4) is 11.3 Å². The first-order valence-corrected chi connectivity index (χ1v) is 10.4. The number of carbonyl (C=O) groups excluding carboxylic acids is 1. The average Bonchev–Trinajstić information content (AvgIpc) is 3.07. The summed E-state index contributed by atoms with van der Waals surface area (Å²) in [4.78, 5) is 24.6. The first-order chi connectivity index (χ1) is 13.3. The van der Waals surface area contributed by atoms with Gasteiger partial charge in [-0.05, 0) is 38.0 Å². The van der Waals surface area contributed by atoms with Crippen molar-refractivity contribution in [3.05, 3.63) is 29.5 Å². The van der Waals surface area contributed by atoms with Gasteiger partial charge in [0.25, 0.3) is 0 Å². The van der Waals surface area contributed by atoms with Gasteiger partial charge in [-0.3, -0.25) is 4.79 Å². The van der Waals surface area contributed by atoms with E-state index >= 15 is 0 Å². The van der Waals surface area contributed by atoms with Crippen LogP contribution in [0.1, 0.15) is 83.1 Å². The van der Waals surface area contributed by atoms with Crippen LogP contribution < -0.4 is 0 Å². The molecule has 1 aliphatic heterocycles. The van der Waals surface area contributed by atoms with E-state index in [4.69, 9.17) is 9.51 Å². The maximum atomic E-state index is 13.1. The molecule has 0 saturated carbocycles. The van der Waals surface area contributed by atoms with Crippen LogP contribution in [0, 0.1) is 12.3 Å². The highest BCUT2D eigenvalue weighted by molar-refractivity contribution is 5.78. The summed E-state index contributed by atoms with van der Waals surface area (Å²) in [6, 6.07) is 1.87. The van der Waals surface area contributed by atoms with Crippen LogP contribution in [0.15, 0.2) is 16.8 Å². The summed E-state index contributed by atoms with van der Waals surface area (Å²) in [5.41, 5.74) is 2.53. The third-order valence-electron chi connectivity index (χ3n) is 5.06. The lowest BCUT2D eigenvalue weighted by atomic mass is 9.89. The number of hydrogen-bond donors (Lipinski definition) is 0. The number of likely N-dealkylation sites (tertiary alicyclic amines) is 1. The molecule has 152 valence electrons. The summed E-state index contributed by atoms with van der Waals surface area (Å²) in [5.74, 6) is 1.70. The van der Waals surface area contributed by atoms with E-state index in [2.05, 4.69) is 37.8 Å². The molecule has 1 unspecified atom stereocenters. The fourth-order valence-electron chi connectivity index (χ4n) is 3.78. The van der Waals surface area contributed by atoms with Crippen LogP contribution >= 0.6 is 0 Å². The van der Waals surface area contributed by atoms with E-state index in [1.165, 1.54) is 0 Å². The number of carbonyl (C=O) groups is 1. The molecule has 1 aliphatic rings. The molecule has 28 heavy (non-hydrogen) atoms. The summed E-state index contributed by atoms with van der Waals surface area (Å²) >= 11 is 0. The molecule has 1 saturated heterocycles. The third kappa shape index (κ3) is 4.78. The number of aromatic nitrogens is 3. The van der Waals surface area contributed by atoms with Crippen molar-refractivity contribution in [1.29, 1.82) is 0 Å². The number of amides is 1. The first kappa shape index (κ1) is 20.5. The molecule has 2 aromatic heterocycles. The van der Waals surface area contributed by atoms with E-state index in [1.54, 1.807) is 0 Å². The Balaban J connectivity index is 2.02. The van der Waals surface area contributed by atoms with Gasteiger partial charge in [0.05, 0.1) is 23.0 Å². The quantitative estimate of drug-likeness (QED) is 0.734. The Hall–Kier alpha value is -2.24. The lowest BCUT2D eigenvalue weighted by Gasteiger charge is -2.37. The van der Waals surface area contributed by atoms with Gasteiger partial charge in [0.2, 0.25) is 5.91 Å². The molecule has 1 fully saturated rings. The second-order valence-corrected chi connectivity index (χ2v) is 9.00. The smallest absolute Gasteiger partial charge is 0.223 e. The van der Waals surface area contributed by atoms with Crippen LogP contribution in [0.3, 0.4) is 0 Å². The fraction of sp³-hybridized carbons (Fsp3) is 0.636. The van der Waals surface area contributed by atoms with Gasteiger partial charge >= 0.3 is 0 Å². The monoisotopic (exact) mass is 384 g/mol. The van der Waals surface area contributed by atoms with Crippen molar-refractivity contribution in [2.45, 2.75) is 79.2 Å². The van der Waals surface area contributed by atoms with Crippen molar-refractivity contribution < 1.29 is 9.32 Å². The molecule has 0 radical (unpaired) electrons. The van der Waals surface area contributed by atoms with Crippen LogP contribution in [0.2, 0.25) is 0 Å². The zero-order chi connectivity index (χ0) is 20.3. The van der Waals surface area contributed by atoms with Crippen LogP contribution in [-0.2, 0) is 11.2 Å². The molecule has 3 rings (SSSR count). The van der Waals surface area contributed by atoms with Gasteiger partial charge in [-0.1, -0.05) is 32.9 Å². The Labute approximate surface area is 167 Å². The Kier molecular flexibility index (Phi) is 6.16. The minimum atomic E-state index is -0.0392. The summed E-state index contributed by atoms with van der Waals surface area (Å²) in [6.45, 7) is 11.1. The molecule has 6 heteroatoms. The average molecular weight is 385 g/mol. The number of rotatable bonds is 5. The summed E-state index contributed by atoms with van der Waals surface area (Å²) in [6.07, 6.45) is 7.23. The molecule has 1 atom stereocenters. The first-order valence-electron chi connectivity index (χ1n) is 10.4. The molecule has 0 aliphatic carbocycles. The van der Waals surface area contributed by atoms with E-state index in [1.807, 2.05) is 24.1 Å². The lowest BCUT2D eigenvalue weighted by molar-refractivity contribution is -0.137. The standard InChI is InChI=1S/C22H32N4O2/c1-6-9-19-23-14-16(18-12-15(2)25-28-18)21(24-19)17-10-7-8-11-26(17)20(27)13-22(3,4)5/h12,14,17H,6-11,13H2,1-5H3. The molecule has 0 spiro atoms. The Morgan fingerprint density at radius 2 is 2.11 bits per heavy atom. The van der Waals surface area contributed by atoms with Crippen molar-refractivity contribution in [3.63, 3.8) is 0 Å². The Morgan fingerprint density at radius 1 is 1.32 bits per heavy atom. The molecular weight excluding hydrogens is 352 g/mol.